The third-order valence-electron chi connectivity index (χ3n) is 2.39. The summed E-state index contributed by atoms with van der Waals surface area (Å²) in [5.41, 5.74) is 1.88. The van der Waals surface area contributed by atoms with Crippen molar-refractivity contribution < 1.29 is 9.13 Å². The van der Waals surface area contributed by atoms with Crippen LogP contribution in [-0.4, -0.2) is 6.61 Å². The molecule has 0 aliphatic rings. The van der Waals surface area contributed by atoms with Crippen LogP contribution < -0.4 is 4.74 Å². The monoisotopic (exact) mass is 240 g/mol. The number of hydrogen-bond donors (Lipinski definition) is 0. The average Bonchev–Trinajstić information content (AvgIpc) is 2.40. The summed E-state index contributed by atoms with van der Waals surface area (Å²) in [6, 6.07) is 14.4. The van der Waals surface area contributed by atoms with Crippen LogP contribution in [0.25, 0.3) is 0 Å². The summed E-state index contributed by atoms with van der Waals surface area (Å²) in [6.07, 6.45) is 0. The Balaban J connectivity index is 1.97. The second-order valence-electron chi connectivity index (χ2n) is 3.89. The van der Waals surface area contributed by atoms with Gasteiger partial charge in [-0.05, 0) is 36.8 Å². The Morgan fingerprint density at radius 3 is 2.67 bits per heavy atom. The molecule has 2 aromatic rings. The van der Waals surface area contributed by atoms with Crippen molar-refractivity contribution in [3.8, 4) is 17.6 Å². The van der Waals surface area contributed by atoms with E-state index < -0.39 is 0 Å². The standard InChI is InChI=1S/C16H13FO/c1-13-9-10-15(17)16(12-13)18-11-5-8-14-6-3-2-4-7-14/h2-4,6-7,9-10,12H,11H2,1H3. The number of ether oxygens (including phenoxy) is 1. The highest BCUT2D eigenvalue weighted by atomic mass is 19.1. The predicted octanol–water partition coefficient (Wildman–Crippen LogP) is 3.56. The van der Waals surface area contributed by atoms with Gasteiger partial charge in [0.15, 0.2) is 11.6 Å². The van der Waals surface area contributed by atoms with Crippen LogP contribution in [-0.2, 0) is 0 Å². The summed E-state index contributed by atoms with van der Waals surface area (Å²) < 4.78 is 18.6. The van der Waals surface area contributed by atoms with Gasteiger partial charge in [0.1, 0.15) is 6.61 Å². The van der Waals surface area contributed by atoms with Gasteiger partial charge in [0.25, 0.3) is 0 Å². The lowest BCUT2D eigenvalue weighted by molar-refractivity contribution is 0.348. The molecule has 0 saturated carbocycles. The molecule has 0 radical (unpaired) electrons. The Kier molecular flexibility index (Phi) is 3.98. The van der Waals surface area contributed by atoms with E-state index >= 15 is 0 Å². The van der Waals surface area contributed by atoms with E-state index in [0.29, 0.717) is 0 Å². The third kappa shape index (κ3) is 3.36. The minimum absolute atomic E-state index is 0.176. The fourth-order valence-electron chi connectivity index (χ4n) is 1.49. The molecule has 2 rings (SSSR count). The van der Waals surface area contributed by atoms with E-state index in [-0.39, 0.29) is 18.2 Å². The van der Waals surface area contributed by atoms with Gasteiger partial charge in [0.2, 0.25) is 0 Å². The molecular weight excluding hydrogens is 227 g/mol. The van der Waals surface area contributed by atoms with E-state index in [1.54, 1.807) is 12.1 Å². The van der Waals surface area contributed by atoms with E-state index in [4.69, 9.17) is 4.74 Å². The zero-order valence-electron chi connectivity index (χ0n) is 10.1. The normalized spacial score (nSPS) is 9.44. The topological polar surface area (TPSA) is 9.23 Å². The molecule has 0 bridgehead atoms. The molecule has 0 aliphatic carbocycles. The Labute approximate surface area is 106 Å². The van der Waals surface area contributed by atoms with Crippen LogP contribution in [0, 0.1) is 24.6 Å². The second-order valence-corrected chi connectivity index (χ2v) is 3.89. The molecule has 0 unspecified atom stereocenters. The summed E-state index contributed by atoms with van der Waals surface area (Å²) in [5, 5.41) is 0. The van der Waals surface area contributed by atoms with Gasteiger partial charge in [0.05, 0.1) is 0 Å². The molecule has 0 aliphatic heterocycles. The Hall–Kier alpha value is -2.27. The van der Waals surface area contributed by atoms with E-state index in [1.165, 1.54) is 6.07 Å². The first-order valence-corrected chi connectivity index (χ1v) is 5.68. The molecule has 0 saturated heterocycles. The lowest BCUT2D eigenvalue weighted by atomic mass is 10.2. The average molecular weight is 240 g/mol. The Morgan fingerprint density at radius 1 is 1.11 bits per heavy atom. The number of hydrogen-bond acceptors (Lipinski definition) is 1. The summed E-state index contributed by atoms with van der Waals surface area (Å²) in [7, 11) is 0. The summed E-state index contributed by atoms with van der Waals surface area (Å²) in [4.78, 5) is 0. The van der Waals surface area contributed by atoms with Crippen LogP contribution in [0.3, 0.4) is 0 Å². The number of aryl methyl sites for hydroxylation is 1. The fourth-order valence-corrected chi connectivity index (χ4v) is 1.49. The molecule has 1 nitrogen and oxygen atoms in total. The maximum absolute atomic E-state index is 13.3. The van der Waals surface area contributed by atoms with Crippen LogP contribution in [0.15, 0.2) is 48.5 Å². The minimum atomic E-state index is -0.359. The molecule has 0 amide bonds. The van der Waals surface area contributed by atoms with Gasteiger partial charge < -0.3 is 4.74 Å². The van der Waals surface area contributed by atoms with Crippen LogP contribution in [0.5, 0.6) is 5.75 Å². The lowest BCUT2D eigenvalue weighted by Crippen LogP contribution is -1.96. The first-order valence-electron chi connectivity index (χ1n) is 5.68. The van der Waals surface area contributed by atoms with Crippen molar-refractivity contribution in [2.75, 3.05) is 6.61 Å². The largest absolute Gasteiger partial charge is 0.478 e. The highest BCUT2D eigenvalue weighted by Gasteiger charge is 2.01. The van der Waals surface area contributed by atoms with Gasteiger partial charge >= 0.3 is 0 Å². The lowest BCUT2D eigenvalue weighted by Gasteiger charge is -2.04. The fraction of sp³-hybridized carbons (Fsp3) is 0.125. The first kappa shape index (κ1) is 12.2. The van der Waals surface area contributed by atoms with Gasteiger partial charge in [-0.2, -0.15) is 0 Å². The SMILES string of the molecule is Cc1ccc(F)c(OCC#Cc2ccccc2)c1. The molecule has 0 N–H and O–H groups in total. The Bertz CT molecular complexity index is 579. The number of halogens is 1. The predicted molar refractivity (Wildman–Crippen MR) is 70.0 cm³/mol. The Morgan fingerprint density at radius 2 is 1.89 bits per heavy atom. The van der Waals surface area contributed by atoms with Crippen molar-refractivity contribution in [1.29, 1.82) is 0 Å². The van der Waals surface area contributed by atoms with Crippen LogP contribution >= 0.6 is 0 Å². The maximum Gasteiger partial charge on any atom is 0.165 e. The molecule has 18 heavy (non-hydrogen) atoms. The van der Waals surface area contributed by atoms with Gasteiger partial charge in [-0.15, -0.1) is 0 Å². The number of rotatable bonds is 2. The molecule has 90 valence electrons. The van der Waals surface area contributed by atoms with E-state index in [9.17, 15) is 4.39 Å². The zero-order chi connectivity index (χ0) is 12.8. The highest BCUT2D eigenvalue weighted by molar-refractivity contribution is 5.34. The molecule has 0 atom stereocenters. The highest BCUT2D eigenvalue weighted by Crippen LogP contribution is 2.17. The van der Waals surface area contributed by atoms with Crippen LogP contribution in [0.2, 0.25) is 0 Å². The van der Waals surface area contributed by atoms with Crippen molar-refractivity contribution in [1.82, 2.24) is 0 Å². The van der Waals surface area contributed by atoms with Crippen molar-refractivity contribution in [2.45, 2.75) is 6.92 Å². The first-order chi connectivity index (χ1) is 8.75. The van der Waals surface area contributed by atoms with Gasteiger partial charge in [-0.1, -0.05) is 36.1 Å². The quantitative estimate of drug-likeness (QED) is 0.729. The molecule has 0 heterocycles. The van der Waals surface area contributed by atoms with Gasteiger partial charge in [-0.25, -0.2) is 4.39 Å². The number of benzene rings is 2. The van der Waals surface area contributed by atoms with Crippen molar-refractivity contribution >= 4 is 0 Å². The second kappa shape index (κ2) is 5.88. The van der Waals surface area contributed by atoms with Crippen LogP contribution in [0.1, 0.15) is 11.1 Å². The minimum Gasteiger partial charge on any atom is -0.478 e. The molecule has 0 fully saturated rings. The summed E-state index contributed by atoms with van der Waals surface area (Å²) in [6.45, 7) is 2.07. The molecule has 2 aromatic carbocycles. The van der Waals surface area contributed by atoms with E-state index in [1.807, 2.05) is 37.3 Å². The smallest absolute Gasteiger partial charge is 0.165 e. The van der Waals surface area contributed by atoms with E-state index in [2.05, 4.69) is 11.8 Å². The van der Waals surface area contributed by atoms with E-state index in [0.717, 1.165) is 11.1 Å². The van der Waals surface area contributed by atoms with Crippen molar-refractivity contribution in [3.63, 3.8) is 0 Å². The molecule has 2 heteroatoms. The molecule has 0 aromatic heterocycles. The summed E-state index contributed by atoms with van der Waals surface area (Å²) in [5.74, 6) is 5.70. The maximum atomic E-state index is 13.3. The van der Waals surface area contributed by atoms with Crippen molar-refractivity contribution in [3.05, 3.63) is 65.5 Å². The molecule has 0 spiro atoms. The zero-order valence-corrected chi connectivity index (χ0v) is 10.1. The molecular formula is C16H13FO. The van der Waals surface area contributed by atoms with Crippen LogP contribution in [0.4, 0.5) is 4.39 Å². The summed E-state index contributed by atoms with van der Waals surface area (Å²) >= 11 is 0. The van der Waals surface area contributed by atoms with Crippen molar-refractivity contribution in [2.24, 2.45) is 0 Å². The van der Waals surface area contributed by atoms with Gasteiger partial charge in [0, 0.05) is 5.56 Å². The third-order valence-corrected chi connectivity index (χ3v) is 2.39. The van der Waals surface area contributed by atoms with Gasteiger partial charge in [-0.3, -0.25) is 0 Å².